The van der Waals surface area contributed by atoms with Gasteiger partial charge in [0.1, 0.15) is 17.8 Å². The van der Waals surface area contributed by atoms with Crippen molar-refractivity contribution in [2.45, 2.75) is 43.8 Å². The zero-order valence-corrected chi connectivity index (χ0v) is 17.9. The highest BCUT2D eigenvalue weighted by Gasteiger charge is 2.27. The molecule has 0 aliphatic heterocycles. The number of nitrogens with two attached hydrogens (primary N) is 1. The number of hydrogen-bond donors (Lipinski definition) is 8. The van der Waals surface area contributed by atoms with Gasteiger partial charge in [-0.2, -0.15) is 0 Å². The maximum Gasteiger partial charge on any atom is 0.326 e. The van der Waals surface area contributed by atoms with Crippen molar-refractivity contribution in [3.05, 3.63) is 29.8 Å². The molecule has 0 spiro atoms. The van der Waals surface area contributed by atoms with Crippen LogP contribution in [0.15, 0.2) is 24.3 Å². The number of carboxylic acid groups (broad SMARTS) is 3. The van der Waals surface area contributed by atoms with Crippen molar-refractivity contribution in [1.82, 2.24) is 16.0 Å². The Labute approximate surface area is 193 Å². The average molecular weight is 482 g/mol. The molecule has 0 heterocycles. The molecule has 186 valence electrons. The number of rotatable bonds is 14. The van der Waals surface area contributed by atoms with Gasteiger partial charge in [0.2, 0.25) is 17.7 Å². The smallest absolute Gasteiger partial charge is 0.326 e. The third kappa shape index (κ3) is 10.4. The largest absolute Gasteiger partial charge is 0.508 e. The Bertz CT molecular complexity index is 918. The van der Waals surface area contributed by atoms with Gasteiger partial charge in [-0.1, -0.05) is 12.1 Å². The van der Waals surface area contributed by atoms with E-state index < -0.39 is 73.1 Å². The molecule has 1 aromatic rings. The van der Waals surface area contributed by atoms with E-state index >= 15 is 0 Å². The second kappa shape index (κ2) is 13.4. The van der Waals surface area contributed by atoms with Crippen LogP contribution in [-0.2, 0) is 35.2 Å². The lowest BCUT2D eigenvalue weighted by Crippen LogP contribution is -2.54. The molecule has 3 unspecified atom stereocenters. The van der Waals surface area contributed by atoms with E-state index in [2.05, 4.69) is 10.6 Å². The summed E-state index contributed by atoms with van der Waals surface area (Å²) in [5, 5.41) is 42.3. The van der Waals surface area contributed by atoms with Crippen molar-refractivity contribution in [2.24, 2.45) is 5.73 Å². The minimum atomic E-state index is -1.58. The van der Waals surface area contributed by atoms with Crippen LogP contribution in [0.4, 0.5) is 0 Å². The van der Waals surface area contributed by atoms with Crippen LogP contribution in [-0.4, -0.2) is 80.7 Å². The number of phenolic OH excluding ortho intramolecular Hbond substituents is 1. The predicted molar refractivity (Wildman–Crippen MR) is 113 cm³/mol. The molecule has 0 fully saturated rings. The third-order valence-electron chi connectivity index (χ3n) is 4.44. The van der Waals surface area contributed by atoms with E-state index in [1.165, 1.54) is 24.3 Å². The van der Waals surface area contributed by atoms with E-state index in [4.69, 9.17) is 21.1 Å². The van der Waals surface area contributed by atoms with E-state index in [1.807, 2.05) is 5.32 Å². The fraction of sp³-hybridized carbons (Fsp3) is 0.400. The van der Waals surface area contributed by atoms with Crippen molar-refractivity contribution in [1.29, 1.82) is 0 Å². The highest BCUT2D eigenvalue weighted by Crippen LogP contribution is 2.11. The van der Waals surface area contributed by atoms with Gasteiger partial charge < -0.3 is 42.1 Å². The number of amides is 3. The number of carboxylic acids is 3. The van der Waals surface area contributed by atoms with Crippen LogP contribution in [0.25, 0.3) is 0 Å². The van der Waals surface area contributed by atoms with Crippen molar-refractivity contribution in [2.75, 3.05) is 6.54 Å². The fourth-order valence-electron chi connectivity index (χ4n) is 2.70. The van der Waals surface area contributed by atoms with E-state index in [0.717, 1.165) is 0 Å². The van der Waals surface area contributed by atoms with Crippen molar-refractivity contribution >= 4 is 35.6 Å². The molecular weight excluding hydrogens is 456 g/mol. The quantitative estimate of drug-likeness (QED) is 0.141. The second-order valence-electron chi connectivity index (χ2n) is 7.24. The number of hydrogen-bond acceptors (Lipinski definition) is 8. The fourth-order valence-corrected chi connectivity index (χ4v) is 2.70. The van der Waals surface area contributed by atoms with Crippen molar-refractivity contribution in [3.8, 4) is 5.75 Å². The van der Waals surface area contributed by atoms with Crippen molar-refractivity contribution in [3.63, 3.8) is 0 Å². The first-order valence-corrected chi connectivity index (χ1v) is 9.96. The van der Waals surface area contributed by atoms with Gasteiger partial charge in [0.15, 0.2) is 0 Å². The Hall–Kier alpha value is -4.20. The summed E-state index contributed by atoms with van der Waals surface area (Å²) in [7, 11) is 0. The molecule has 3 amide bonds. The lowest BCUT2D eigenvalue weighted by molar-refractivity contribution is -0.143. The third-order valence-corrected chi connectivity index (χ3v) is 4.44. The highest BCUT2D eigenvalue weighted by atomic mass is 16.4. The SMILES string of the molecule is NC(Cc1ccc(O)cc1)C(=O)NC(CC(=O)O)C(=O)NCC(=O)NC(CCC(=O)O)C(=O)O. The summed E-state index contributed by atoms with van der Waals surface area (Å²) in [6, 6.07) is 1.61. The zero-order chi connectivity index (χ0) is 25.8. The van der Waals surface area contributed by atoms with Crippen LogP contribution in [0, 0.1) is 0 Å². The van der Waals surface area contributed by atoms with E-state index in [-0.39, 0.29) is 18.6 Å². The van der Waals surface area contributed by atoms with Gasteiger partial charge in [0, 0.05) is 6.42 Å². The summed E-state index contributed by atoms with van der Waals surface area (Å²) in [6.45, 7) is -0.749. The maximum atomic E-state index is 12.3. The van der Waals surface area contributed by atoms with Crippen LogP contribution >= 0.6 is 0 Å². The Morgan fingerprint density at radius 3 is 2.00 bits per heavy atom. The van der Waals surface area contributed by atoms with Crippen LogP contribution in [0.1, 0.15) is 24.8 Å². The topological polar surface area (TPSA) is 245 Å². The normalized spacial score (nSPS) is 13.1. The number of carbonyl (C=O) groups excluding carboxylic acids is 3. The number of carbonyl (C=O) groups is 6. The predicted octanol–water partition coefficient (Wildman–Crippen LogP) is -2.23. The van der Waals surface area contributed by atoms with Crippen LogP contribution in [0.2, 0.25) is 0 Å². The molecule has 0 aliphatic carbocycles. The van der Waals surface area contributed by atoms with Crippen LogP contribution < -0.4 is 21.7 Å². The Balaban J connectivity index is 2.68. The summed E-state index contributed by atoms with van der Waals surface area (Å²) in [4.78, 5) is 69.4. The number of phenols is 1. The summed E-state index contributed by atoms with van der Waals surface area (Å²) in [6.07, 6.45) is -1.69. The number of benzene rings is 1. The van der Waals surface area contributed by atoms with Gasteiger partial charge in [-0.25, -0.2) is 4.79 Å². The number of aliphatic carboxylic acids is 3. The molecule has 0 saturated carbocycles. The van der Waals surface area contributed by atoms with Gasteiger partial charge in [-0.05, 0) is 30.5 Å². The molecule has 3 atom stereocenters. The molecule has 34 heavy (non-hydrogen) atoms. The lowest BCUT2D eigenvalue weighted by Gasteiger charge is -2.20. The molecule has 9 N–H and O–H groups in total. The molecule has 0 radical (unpaired) electrons. The summed E-state index contributed by atoms with van der Waals surface area (Å²) in [5.41, 5.74) is 6.41. The van der Waals surface area contributed by atoms with Crippen LogP contribution in [0.5, 0.6) is 5.75 Å². The first-order valence-electron chi connectivity index (χ1n) is 9.96. The summed E-state index contributed by atoms with van der Waals surface area (Å²) in [5.74, 6) is -6.96. The Morgan fingerprint density at radius 2 is 1.47 bits per heavy atom. The molecule has 0 bridgehead atoms. The molecule has 14 nitrogen and oxygen atoms in total. The van der Waals surface area contributed by atoms with Gasteiger partial charge in [0.25, 0.3) is 0 Å². The molecular formula is C20H26N4O10. The average Bonchev–Trinajstić information content (AvgIpc) is 2.75. The molecule has 1 aromatic carbocycles. The van der Waals surface area contributed by atoms with E-state index in [0.29, 0.717) is 5.56 Å². The molecule has 14 heteroatoms. The minimum absolute atomic E-state index is 0.0144. The summed E-state index contributed by atoms with van der Waals surface area (Å²) < 4.78 is 0. The molecule has 1 rings (SSSR count). The summed E-state index contributed by atoms with van der Waals surface area (Å²) >= 11 is 0. The van der Waals surface area contributed by atoms with Gasteiger partial charge in [0.05, 0.1) is 19.0 Å². The van der Waals surface area contributed by atoms with Gasteiger partial charge in [-0.15, -0.1) is 0 Å². The molecule has 0 aromatic heterocycles. The molecule has 0 aliphatic rings. The maximum absolute atomic E-state index is 12.3. The first-order chi connectivity index (χ1) is 15.9. The van der Waals surface area contributed by atoms with Crippen LogP contribution in [0.3, 0.4) is 0 Å². The minimum Gasteiger partial charge on any atom is -0.508 e. The van der Waals surface area contributed by atoms with E-state index in [9.17, 15) is 33.9 Å². The Morgan fingerprint density at radius 1 is 0.853 bits per heavy atom. The first kappa shape index (κ1) is 27.8. The van der Waals surface area contributed by atoms with Crippen molar-refractivity contribution < 1.29 is 49.2 Å². The van der Waals surface area contributed by atoms with E-state index in [1.54, 1.807) is 0 Å². The second-order valence-corrected chi connectivity index (χ2v) is 7.24. The highest BCUT2D eigenvalue weighted by molar-refractivity contribution is 5.94. The Kier molecular flexibility index (Phi) is 10.9. The zero-order valence-electron chi connectivity index (χ0n) is 17.9. The standard InChI is InChI=1S/C20H26N4O10/c21-12(7-10-1-3-11(25)4-2-10)18(31)24-14(8-17(29)30)19(32)22-9-15(26)23-13(20(33)34)5-6-16(27)28/h1-4,12-14,25H,5-9,21H2,(H,22,32)(H,23,26)(H,24,31)(H,27,28)(H,29,30)(H,33,34). The number of aromatic hydroxyl groups is 1. The van der Waals surface area contributed by atoms with Gasteiger partial charge >= 0.3 is 17.9 Å². The van der Waals surface area contributed by atoms with Gasteiger partial charge in [-0.3, -0.25) is 24.0 Å². The monoisotopic (exact) mass is 482 g/mol. The lowest BCUT2D eigenvalue weighted by atomic mass is 10.0. The molecule has 0 saturated heterocycles. The number of nitrogens with one attached hydrogen (secondary N) is 3.